The Hall–Kier alpha value is -1.85. The fourth-order valence-corrected chi connectivity index (χ4v) is 4.46. The van der Waals surface area contributed by atoms with Crippen molar-refractivity contribution in [3.05, 3.63) is 56.2 Å². The van der Waals surface area contributed by atoms with Gasteiger partial charge < -0.3 is 10.1 Å². The minimum Gasteiger partial charge on any atom is -0.451 e. The fraction of sp³-hybridized carbons (Fsp3) is 0.400. The summed E-state index contributed by atoms with van der Waals surface area (Å²) in [5, 5.41) is 3.43. The van der Waals surface area contributed by atoms with Crippen LogP contribution >= 0.6 is 22.9 Å². The number of esters is 1. The molecule has 1 aliphatic rings. The maximum absolute atomic E-state index is 12.2. The van der Waals surface area contributed by atoms with Crippen LogP contribution in [0.4, 0.5) is 0 Å². The number of aryl methyl sites for hydroxylation is 2. The summed E-state index contributed by atoms with van der Waals surface area (Å²) >= 11 is 7.47. The summed E-state index contributed by atoms with van der Waals surface area (Å²) in [5.74, 6) is -0.752. The van der Waals surface area contributed by atoms with Crippen LogP contribution in [0.15, 0.2) is 30.3 Å². The quantitative estimate of drug-likeness (QED) is 0.593. The number of halogens is 1. The highest BCUT2D eigenvalue weighted by Gasteiger charge is 2.19. The smallest absolute Gasteiger partial charge is 0.348 e. The van der Waals surface area contributed by atoms with Crippen LogP contribution in [0.1, 0.15) is 57.9 Å². The highest BCUT2D eigenvalue weighted by Crippen LogP contribution is 2.29. The van der Waals surface area contributed by atoms with E-state index < -0.39 is 5.97 Å². The summed E-state index contributed by atoms with van der Waals surface area (Å²) in [6.45, 7) is 1.58. The summed E-state index contributed by atoms with van der Waals surface area (Å²) in [6, 6.07) is 9.03. The van der Waals surface area contributed by atoms with Gasteiger partial charge in [0.2, 0.25) is 0 Å². The molecule has 0 fully saturated rings. The van der Waals surface area contributed by atoms with Gasteiger partial charge in [0.05, 0.1) is 6.04 Å². The Morgan fingerprint density at radius 2 is 2.04 bits per heavy atom. The molecule has 1 atom stereocenters. The number of rotatable bonds is 5. The van der Waals surface area contributed by atoms with Crippen molar-refractivity contribution in [3.8, 4) is 0 Å². The van der Waals surface area contributed by atoms with Crippen LogP contribution < -0.4 is 5.32 Å². The molecule has 0 radical (unpaired) electrons. The van der Waals surface area contributed by atoms with Gasteiger partial charge in [-0.05, 0) is 61.9 Å². The Balaban J connectivity index is 1.52. The average Bonchev–Trinajstić information content (AvgIpc) is 2.90. The summed E-state index contributed by atoms with van der Waals surface area (Å²) < 4.78 is 5.19. The number of carbonyl (C=O) groups is 2. The Morgan fingerprint density at radius 3 is 2.85 bits per heavy atom. The van der Waals surface area contributed by atoms with Gasteiger partial charge in [0, 0.05) is 9.90 Å². The third-order valence-electron chi connectivity index (χ3n) is 4.51. The second kappa shape index (κ2) is 8.69. The van der Waals surface area contributed by atoms with Crippen molar-refractivity contribution in [2.24, 2.45) is 0 Å². The molecule has 0 bridgehead atoms. The van der Waals surface area contributed by atoms with Crippen molar-refractivity contribution in [1.82, 2.24) is 5.32 Å². The van der Waals surface area contributed by atoms with Crippen molar-refractivity contribution in [1.29, 1.82) is 0 Å². The lowest BCUT2D eigenvalue weighted by molar-refractivity contribution is -0.124. The van der Waals surface area contributed by atoms with Crippen molar-refractivity contribution in [2.45, 2.75) is 45.1 Å². The van der Waals surface area contributed by atoms with Crippen LogP contribution in [0.3, 0.4) is 0 Å². The van der Waals surface area contributed by atoms with Crippen molar-refractivity contribution in [3.63, 3.8) is 0 Å². The lowest BCUT2D eigenvalue weighted by atomic mass is 10.1. The Labute approximate surface area is 162 Å². The largest absolute Gasteiger partial charge is 0.451 e. The van der Waals surface area contributed by atoms with Crippen LogP contribution in [-0.4, -0.2) is 18.5 Å². The van der Waals surface area contributed by atoms with E-state index in [2.05, 4.69) is 5.32 Å². The van der Waals surface area contributed by atoms with Gasteiger partial charge in [-0.3, -0.25) is 4.79 Å². The third kappa shape index (κ3) is 4.86. The first-order valence-corrected chi connectivity index (χ1v) is 10.1. The first-order valence-electron chi connectivity index (χ1n) is 8.86. The molecule has 6 heteroatoms. The fourth-order valence-electron chi connectivity index (χ4n) is 3.11. The summed E-state index contributed by atoms with van der Waals surface area (Å²) in [7, 11) is 0. The summed E-state index contributed by atoms with van der Waals surface area (Å²) in [4.78, 5) is 26.2. The maximum atomic E-state index is 12.2. The minimum atomic E-state index is -0.423. The molecular weight excluding hydrogens is 370 g/mol. The van der Waals surface area contributed by atoms with Gasteiger partial charge in [0.25, 0.3) is 5.91 Å². The Morgan fingerprint density at radius 1 is 1.23 bits per heavy atom. The van der Waals surface area contributed by atoms with Crippen LogP contribution in [0.5, 0.6) is 0 Å². The van der Waals surface area contributed by atoms with Crippen molar-refractivity contribution < 1.29 is 14.3 Å². The van der Waals surface area contributed by atoms with Crippen LogP contribution in [-0.2, 0) is 22.4 Å². The van der Waals surface area contributed by atoms with Gasteiger partial charge in [-0.15, -0.1) is 11.3 Å². The standard InChI is InChI=1S/C20H22ClNO3S/c1-13(14-7-5-8-16(21)10-14)22-19(23)12-25-20(24)18-11-15-6-3-2-4-9-17(15)26-18/h5,7-8,10-11,13H,2-4,6,9,12H2,1H3,(H,22,23)/t13-/m0/s1. The zero-order valence-electron chi connectivity index (χ0n) is 14.7. The topological polar surface area (TPSA) is 55.4 Å². The SMILES string of the molecule is C[C@H](NC(=O)COC(=O)c1cc2c(s1)CCCCC2)c1cccc(Cl)c1. The zero-order chi connectivity index (χ0) is 18.5. The second-order valence-corrected chi connectivity index (χ2v) is 8.11. The Kier molecular flexibility index (Phi) is 6.33. The first kappa shape index (κ1) is 18.9. The van der Waals surface area contributed by atoms with Gasteiger partial charge in [-0.2, -0.15) is 0 Å². The molecule has 26 heavy (non-hydrogen) atoms. The molecular formula is C20H22ClNO3S. The molecule has 0 spiro atoms. The molecule has 1 amide bonds. The molecule has 1 aromatic carbocycles. The number of nitrogens with one attached hydrogen (secondary N) is 1. The van der Waals surface area contributed by atoms with Gasteiger partial charge in [-0.1, -0.05) is 30.2 Å². The minimum absolute atomic E-state index is 0.210. The van der Waals surface area contributed by atoms with Crippen LogP contribution in [0.25, 0.3) is 0 Å². The molecule has 0 aliphatic heterocycles. The number of fused-ring (bicyclic) bond motifs is 1. The average molecular weight is 392 g/mol. The number of hydrogen-bond donors (Lipinski definition) is 1. The normalized spacial score (nSPS) is 14.8. The van der Waals surface area contributed by atoms with Gasteiger partial charge in [0.1, 0.15) is 4.88 Å². The molecule has 1 aromatic heterocycles. The van der Waals surface area contributed by atoms with E-state index >= 15 is 0 Å². The lowest BCUT2D eigenvalue weighted by Gasteiger charge is -2.14. The molecule has 3 rings (SSSR count). The Bertz CT molecular complexity index is 779. The summed E-state index contributed by atoms with van der Waals surface area (Å²) in [6.07, 6.45) is 5.64. The van der Waals surface area contributed by atoms with Crippen LogP contribution in [0, 0.1) is 0 Å². The maximum Gasteiger partial charge on any atom is 0.348 e. The van der Waals surface area contributed by atoms with Crippen molar-refractivity contribution in [2.75, 3.05) is 6.61 Å². The van der Waals surface area contributed by atoms with Gasteiger partial charge in [-0.25, -0.2) is 4.79 Å². The van der Waals surface area contributed by atoms with Gasteiger partial charge >= 0.3 is 5.97 Å². The van der Waals surface area contributed by atoms with Crippen LogP contribution in [0.2, 0.25) is 5.02 Å². The highest BCUT2D eigenvalue weighted by atomic mass is 35.5. The van der Waals surface area contributed by atoms with Crippen molar-refractivity contribution >= 4 is 34.8 Å². The molecule has 0 unspecified atom stereocenters. The van der Waals surface area contributed by atoms with E-state index in [1.807, 2.05) is 25.1 Å². The molecule has 2 aromatic rings. The van der Waals surface area contributed by atoms with E-state index in [1.54, 1.807) is 12.1 Å². The molecule has 1 N–H and O–H groups in total. The predicted octanol–water partition coefficient (Wildman–Crippen LogP) is 4.70. The molecule has 4 nitrogen and oxygen atoms in total. The molecule has 1 aliphatic carbocycles. The molecule has 0 saturated heterocycles. The summed E-state index contributed by atoms with van der Waals surface area (Å²) in [5.41, 5.74) is 2.16. The van der Waals surface area contributed by atoms with E-state index in [0.29, 0.717) is 9.90 Å². The number of benzene rings is 1. The number of amides is 1. The second-order valence-electron chi connectivity index (χ2n) is 6.54. The third-order valence-corrected chi connectivity index (χ3v) is 5.96. The van der Waals surface area contributed by atoms with E-state index in [4.69, 9.17) is 16.3 Å². The number of hydrogen-bond acceptors (Lipinski definition) is 4. The van der Waals surface area contributed by atoms with Gasteiger partial charge in [0.15, 0.2) is 6.61 Å². The van der Waals surface area contributed by atoms with E-state index in [1.165, 1.54) is 41.0 Å². The number of thiophene rings is 1. The molecule has 0 saturated carbocycles. The van der Waals surface area contributed by atoms with E-state index in [-0.39, 0.29) is 18.6 Å². The van der Waals surface area contributed by atoms with E-state index in [9.17, 15) is 9.59 Å². The predicted molar refractivity (Wildman–Crippen MR) is 104 cm³/mol. The lowest BCUT2D eigenvalue weighted by Crippen LogP contribution is -2.31. The highest BCUT2D eigenvalue weighted by molar-refractivity contribution is 7.14. The number of carbonyl (C=O) groups excluding carboxylic acids is 2. The molecule has 138 valence electrons. The van der Waals surface area contributed by atoms with E-state index in [0.717, 1.165) is 18.4 Å². The first-order chi connectivity index (χ1) is 12.5. The molecule has 1 heterocycles. The number of ether oxygens (including phenoxy) is 1. The monoisotopic (exact) mass is 391 g/mol. The zero-order valence-corrected chi connectivity index (χ0v) is 16.3.